The molecule has 0 aromatic heterocycles. The van der Waals surface area contributed by atoms with Crippen LogP contribution in [0.5, 0.6) is 0 Å². The summed E-state index contributed by atoms with van der Waals surface area (Å²) in [4.78, 5) is 14.3. The van der Waals surface area contributed by atoms with Gasteiger partial charge in [0.1, 0.15) is 42.0 Å². The smallest absolute Gasteiger partial charge is 0.316 e. The van der Waals surface area contributed by atoms with Crippen LogP contribution in [0.3, 0.4) is 0 Å². The molecule has 0 saturated carbocycles. The third-order valence-corrected chi connectivity index (χ3v) is 14.5. The normalized spacial score (nSPS) is 47.0. The Balaban J connectivity index is 1.18. The molecule has 62 heavy (non-hydrogen) atoms. The molecule has 14 heteroatoms. The number of hydrogen-bond donors (Lipinski definition) is 3. The zero-order valence-electron chi connectivity index (χ0n) is 38.2. The van der Waals surface area contributed by atoms with Gasteiger partial charge in [0.2, 0.25) is 0 Å². The lowest BCUT2D eigenvalue weighted by molar-refractivity contribution is -0.318. The number of fused-ring (bicyclic) bond motifs is 2. The topological polar surface area (TPSA) is 170 Å². The minimum absolute atomic E-state index is 0.0317. The molecule has 7 rings (SSSR count). The van der Waals surface area contributed by atoms with Crippen LogP contribution < -0.4 is 0 Å². The number of ether oxygens (including phenoxy) is 10. The van der Waals surface area contributed by atoms with Crippen molar-refractivity contribution >= 4 is 5.97 Å². The maximum atomic E-state index is 14.3. The van der Waals surface area contributed by atoms with Crippen molar-refractivity contribution in [2.24, 2.45) is 23.7 Å². The van der Waals surface area contributed by atoms with Crippen LogP contribution in [-0.4, -0.2) is 139 Å². The van der Waals surface area contributed by atoms with Crippen LogP contribution in [0.25, 0.3) is 0 Å². The fraction of sp³-hybridized carbons (Fsp3) is 0.771. The number of carbonyl (C=O) groups is 1. The second-order valence-electron chi connectivity index (χ2n) is 19.0. The summed E-state index contributed by atoms with van der Waals surface area (Å²) in [6.07, 6.45) is 8.55. The Labute approximate surface area is 367 Å². The number of allylic oxidation sites excluding steroid dienone is 2. The van der Waals surface area contributed by atoms with Gasteiger partial charge in [0.25, 0.3) is 0 Å². The molecule has 0 radical (unpaired) electrons. The third kappa shape index (κ3) is 9.64. The summed E-state index contributed by atoms with van der Waals surface area (Å²) in [5.41, 5.74) is 0.134. The van der Waals surface area contributed by atoms with E-state index in [-0.39, 0.29) is 42.7 Å². The number of rotatable bonds is 8. The lowest BCUT2D eigenvalue weighted by Gasteiger charge is -2.48. The molecule has 6 aliphatic heterocycles. The molecule has 4 fully saturated rings. The molecule has 4 saturated heterocycles. The second kappa shape index (κ2) is 19.7. The molecule has 348 valence electrons. The standard InChI is InChI=1S/C48H72O14/c1-11-25(2)43-28(5)17-18-47(62-43)23-34-20-33(61-47)16-15-27(4)42(26(3)13-12-14-32-24-55-45-40(49)29(6)19-35(46(51)58-34)48(32,45)52)59-39-22-37(54-10)44(31(8)57-39)60-38-21-36(53-9)41(50)30(7)56-38/h12-15,17-19,25-26,28,30-31,33-45,49-50,52H,11,16,20-24H2,1-10H3/t25-,26-,28-,30-,31-,33+,34-,35-,36-,37-,38-,39-,40+,41-,42?,43+,44?,45+,47+,48+/m0/s1. The lowest BCUT2D eigenvalue weighted by Crippen LogP contribution is -2.58. The predicted octanol–water partition coefficient (Wildman–Crippen LogP) is 5.38. The van der Waals surface area contributed by atoms with E-state index in [0.29, 0.717) is 43.3 Å². The highest BCUT2D eigenvalue weighted by atomic mass is 16.7. The third-order valence-electron chi connectivity index (χ3n) is 14.5. The van der Waals surface area contributed by atoms with Gasteiger partial charge in [-0.15, -0.1) is 0 Å². The van der Waals surface area contributed by atoms with Crippen LogP contribution in [0.1, 0.15) is 93.9 Å². The highest BCUT2D eigenvalue weighted by Crippen LogP contribution is 2.47. The Morgan fingerprint density at radius 3 is 2.32 bits per heavy atom. The number of aliphatic hydroxyl groups is 3. The first-order chi connectivity index (χ1) is 29.5. The summed E-state index contributed by atoms with van der Waals surface area (Å²) in [6, 6.07) is 0. The van der Waals surface area contributed by atoms with Gasteiger partial charge in [0.15, 0.2) is 18.4 Å². The summed E-state index contributed by atoms with van der Waals surface area (Å²) in [6.45, 7) is 16.1. The van der Waals surface area contributed by atoms with Gasteiger partial charge in [-0.2, -0.15) is 0 Å². The van der Waals surface area contributed by atoms with Crippen molar-refractivity contribution in [2.75, 3.05) is 20.8 Å². The molecule has 20 atom stereocenters. The van der Waals surface area contributed by atoms with Gasteiger partial charge in [-0.1, -0.05) is 70.6 Å². The van der Waals surface area contributed by atoms with Crippen molar-refractivity contribution in [1.82, 2.24) is 0 Å². The SMILES string of the molecule is CC[C@H](C)[C@H]1O[C@]2(C=C[C@@H]1C)C[C@@H]1C[C@@H](CC=C(C)C(O[C@H]3C[C@H](OC)C(O[C@H]4C[C@H](OC)[C@@H](O)[C@H](C)O4)[C@H](C)O3)[C@@H](C)C=CC=C3CO[C@@H]4[C@H](O)C(C)=C[C@@H](C(=O)O1)[C@]34O)O2. The highest BCUT2D eigenvalue weighted by Gasteiger charge is 2.60. The molecule has 6 heterocycles. The molecule has 2 unspecified atom stereocenters. The van der Waals surface area contributed by atoms with E-state index in [2.05, 4.69) is 39.8 Å². The van der Waals surface area contributed by atoms with Gasteiger partial charge >= 0.3 is 5.97 Å². The van der Waals surface area contributed by atoms with Crippen LogP contribution >= 0.6 is 0 Å². The number of hydrogen-bond acceptors (Lipinski definition) is 14. The van der Waals surface area contributed by atoms with Gasteiger partial charge < -0.3 is 62.7 Å². The average molecular weight is 873 g/mol. The lowest BCUT2D eigenvalue weighted by atomic mass is 9.71. The average Bonchev–Trinajstić information content (AvgIpc) is 3.58. The minimum Gasteiger partial charge on any atom is -0.462 e. The van der Waals surface area contributed by atoms with Crippen molar-refractivity contribution in [3.8, 4) is 0 Å². The molecule has 14 nitrogen and oxygen atoms in total. The molecule has 7 aliphatic rings. The Morgan fingerprint density at radius 1 is 0.887 bits per heavy atom. The summed E-state index contributed by atoms with van der Waals surface area (Å²) in [5.74, 6) is -2.56. The van der Waals surface area contributed by atoms with Crippen LogP contribution in [0.2, 0.25) is 0 Å². The molecule has 0 aromatic carbocycles. The van der Waals surface area contributed by atoms with E-state index in [4.69, 9.17) is 47.4 Å². The highest BCUT2D eigenvalue weighted by molar-refractivity contribution is 5.78. The molecule has 3 N–H and O–H groups in total. The largest absolute Gasteiger partial charge is 0.462 e. The Morgan fingerprint density at radius 2 is 1.60 bits per heavy atom. The molecule has 2 bridgehead atoms. The number of carbonyl (C=O) groups excluding carboxylic acids is 1. The van der Waals surface area contributed by atoms with Crippen LogP contribution in [0, 0.1) is 23.7 Å². The monoisotopic (exact) mass is 872 g/mol. The van der Waals surface area contributed by atoms with E-state index in [9.17, 15) is 20.1 Å². The van der Waals surface area contributed by atoms with Crippen molar-refractivity contribution in [2.45, 2.75) is 191 Å². The Hall–Kier alpha value is -2.31. The first-order valence-electron chi connectivity index (χ1n) is 22.9. The van der Waals surface area contributed by atoms with E-state index in [0.717, 1.165) is 12.0 Å². The zero-order valence-corrected chi connectivity index (χ0v) is 38.2. The van der Waals surface area contributed by atoms with Crippen molar-refractivity contribution in [3.05, 3.63) is 59.3 Å². The second-order valence-corrected chi connectivity index (χ2v) is 19.0. The van der Waals surface area contributed by atoms with E-state index < -0.39 is 90.8 Å². The van der Waals surface area contributed by atoms with Crippen LogP contribution in [0.4, 0.5) is 0 Å². The van der Waals surface area contributed by atoms with Crippen LogP contribution in [0.15, 0.2) is 59.3 Å². The maximum Gasteiger partial charge on any atom is 0.316 e. The summed E-state index contributed by atoms with van der Waals surface area (Å²) >= 11 is 0. The molecule has 1 aliphatic carbocycles. The van der Waals surface area contributed by atoms with Crippen molar-refractivity contribution < 1.29 is 67.5 Å². The van der Waals surface area contributed by atoms with Gasteiger partial charge in [-0.25, -0.2) is 0 Å². The van der Waals surface area contributed by atoms with E-state index >= 15 is 0 Å². The molecular formula is C48H72O14. The zero-order chi connectivity index (χ0) is 44.7. The first-order valence-corrected chi connectivity index (χ1v) is 22.9. The van der Waals surface area contributed by atoms with Gasteiger partial charge in [0, 0.05) is 51.7 Å². The van der Waals surface area contributed by atoms with E-state index in [1.54, 1.807) is 40.2 Å². The summed E-state index contributed by atoms with van der Waals surface area (Å²) < 4.78 is 63.7. The Bertz CT molecular complexity index is 1730. The van der Waals surface area contributed by atoms with Crippen molar-refractivity contribution in [3.63, 3.8) is 0 Å². The fourth-order valence-electron chi connectivity index (χ4n) is 10.6. The van der Waals surface area contributed by atoms with Gasteiger partial charge in [0.05, 0.1) is 49.3 Å². The quantitative estimate of drug-likeness (QED) is 0.210. The van der Waals surface area contributed by atoms with E-state index in [1.165, 1.54) is 0 Å². The van der Waals surface area contributed by atoms with Gasteiger partial charge in [-0.3, -0.25) is 4.79 Å². The molecule has 0 aromatic rings. The predicted molar refractivity (Wildman–Crippen MR) is 227 cm³/mol. The van der Waals surface area contributed by atoms with Gasteiger partial charge in [-0.05, 0) is 62.8 Å². The minimum atomic E-state index is -1.84. The van der Waals surface area contributed by atoms with Crippen LogP contribution in [-0.2, 0) is 52.2 Å². The fourth-order valence-corrected chi connectivity index (χ4v) is 10.6. The molecule has 1 spiro atoms. The number of esters is 1. The first kappa shape index (κ1) is 47.6. The molecular weight excluding hydrogens is 801 g/mol. The number of aliphatic hydroxyl groups excluding tert-OH is 2. The maximum absolute atomic E-state index is 14.3. The number of methoxy groups -OCH3 is 2. The Kier molecular flexibility index (Phi) is 15.1. The van der Waals surface area contributed by atoms with E-state index in [1.807, 2.05) is 32.1 Å². The summed E-state index contributed by atoms with van der Waals surface area (Å²) in [5, 5.41) is 34.2. The summed E-state index contributed by atoms with van der Waals surface area (Å²) in [7, 11) is 3.22. The van der Waals surface area contributed by atoms with Crippen molar-refractivity contribution in [1.29, 1.82) is 0 Å². The molecule has 0 amide bonds.